The summed E-state index contributed by atoms with van der Waals surface area (Å²) in [5.41, 5.74) is -1.30. The first kappa shape index (κ1) is 12.5. The molecule has 0 saturated heterocycles. The number of esters is 1. The number of carbonyl (C=O) groups is 1. The normalized spacial score (nSPS) is 25.6. The molecule has 1 aliphatic rings. The lowest BCUT2D eigenvalue weighted by molar-refractivity contribution is -0.637. The molecule has 0 saturated carbocycles. The van der Waals surface area contributed by atoms with Gasteiger partial charge in [-0.3, -0.25) is 0 Å². The quantitative estimate of drug-likeness (QED) is 0.459. The molecule has 96 valence electrons. The van der Waals surface area contributed by atoms with Crippen molar-refractivity contribution in [2.24, 2.45) is 5.11 Å². The highest BCUT2D eigenvalue weighted by Crippen LogP contribution is 2.35. The van der Waals surface area contributed by atoms with Crippen LogP contribution < -0.4 is 0 Å². The Morgan fingerprint density at radius 2 is 1.94 bits per heavy atom. The molecule has 5 heteroatoms. The molecule has 0 bridgehead atoms. The number of nitrogens with zero attached hydrogens (tertiary/aromatic N) is 2. The zero-order chi connectivity index (χ0) is 13.4. The van der Waals surface area contributed by atoms with Crippen LogP contribution in [0.3, 0.4) is 0 Å². The minimum absolute atomic E-state index is 0.377. The first-order chi connectivity index (χ1) is 8.32. The van der Waals surface area contributed by atoms with Gasteiger partial charge in [0, 0.05) is 6.92 Å². The zero-order valence-electron chi connectivity index (χ0n) is 10.7. The highest BCUT2D eigenvalue weighted by molar-refractivity contribution is 5.89. The smallest absolute Gasteiger partial charge is 0.343 e. The number of hydroxylamine groups is 1. The van der Waals surface area contributed by atoms with Crippen LogP contribution in [0.1, 0.15) is 37.6 Å². The van der Waals surface area contributed by atoms with E-state index in [-0.39, 0.29) is 0 Å². The molecular weight excluding hydrogens is 232 g/mol. The Morgan fingerprint density at radius 1 is 1.33 bits per heavy atom. The predicted molar refractivity (Wildman–Crippen MR) is 65.0 cm³/mol. The Labute approximate surface area is 106 Å². The molecule has 0 fully saturated rings. The van der Waals surface area contributed by atoms with Crippen molar-refractivity contribution in [1.82, 2.24) is 0 Å². The molecule has 1 aromatic rings. The van der Waals surface area contributed by atoms with Gasteiger partial charge in [0.25, 0.3) is 0 Å². The topological polar surface area (TPSA) is 64.7 Å². The summed E-state index contributed by atoms with van der Waals surface area (Å²) in [4.78, 5) is 12.4. The highest BCUT2D eigenvalue weighted by Gasteiger charge is 2.52. The van der Waals surface area contributed by atoms with Crippen LogP contribution in [0, 0.1) is 5.21 Å². The molecule has 18 heavy (non-hydrogen) atoms. The van der Waals surface area contributed by atoms with E-state index >= 15 is 0 Å². The lowest BCUT2D eigenvalue weighted by Crippen LogP contribution is -2.39. The summed E-state index contributed by atoms with van der Waals surface area (Å²) < 4.78 is 5.31. The van der Waals surface area contributed by atoms with Crippen LogP contribution in [-0.2, 0) is 4.74 Å². The highest BCUT2D eigenvalue weighted by atomic mass is 16.6. The molecule has 1 unspecified atom stereocenters. The Kier molecular flexibility index (Phi) is 2.84. The molecule has 0 N–H and O–H groups in total. The second-order valence-electron chi connectivity index (χ2n) is 5.29. The van der Waals surface area contributed by atoms with Crippen LogP contribution in [0.4, 0.5) is 0 Å². The van der Waals surface area contributed by atoms with E-state index in [4.69, 9.17) is 4.74 Å². The Morgan fingerprint density at radius 3 is 2.44 bits per heavy atom. The summed E-state index contributed by atoms with van der Waals surface area (Å²) in [6, 6.07) is 8.61. The van der Waals surface area contributed by atoms with Gasteiger partial charge in [0.1, 0.15) is 5.54 Å². The fourth-order valence-electron chi connectivity index (χ4n) is 2.17. The molecule has 1 aliphatic heterocycles. The van der Waals surface area contributed by atoms with Crippen molar-refractivity contribution in [3.05, 3.63) is 41.1 Å². The van der Waals surface area contributed by atoms with E-state index < -0.39 is 17.2 Å². The molecule has 0 spiro atoms. The number of hydrogen-bond donors (Lipinski definition) is 0. The third-order valence-corrected chi connectivity index (χ3v) is 2.85. The number of azo groups is 1. The van der Waals surface area contributed by atoms with Crippen molar-refractivity contribution >= 4 is 5.97 Å². The largest absolute Gasteiger partial charge is 0.597 e. The monoisotopic (exact) mass is 248 g/mol. The Balaban J connectivity index is 2.16. The molecule has 1 heterocycles. The summed E-state index contributed by atoms with van der Waals surface area (Å²) in [5.74, 6) is -0.508. The van der Waals surface area contributed by atoms with Gasteiger partial charge in [-0.25, -0.2) is 4.79 Å². The Hall–Kier alpha value is -1.91. The molecular formula is C13H16N2O3. The van der Waals surface area contributed by atoms with E-state index in [0.29, 0.717) is 16.8 Å². The van der Waals surface area contributed by atoms with Crippen LogP contribution >= 0.6 is 0 Å². The number of carbonyl (C=O) groups excluding carboxylic acids is 1. The molecule has 1 aromatic carbocycles. The van der Waals surface area contributed by atoms with Gasteiger partial charge in [0.2, 0.25) is 0 Å². The molecule has 1 atom stereocenters. The first-order valence-corrected chi connectivity index (χ1v) is 5.81. The van der Waals surface area contributed by atoms with E-state index in [1.807, 2.05) is 19.9 Å². The fraction of sp³-hybridized carbons (Fsp3) is 0.462. The predicted octanol–water partition coefficient (Wildman–Crippen LogP) is 2.70. The van der Waals surface area contributed by atoms with E-state index in [1.54, 1.807) is 31.2 Å². The van der Waals surface area contributed by atoms with Crippen molar-refractivity contribution < 1.29 is 14.4 Å². The Bertz CT molecular complexity index is 496. The number of rotatable bonds is 2. The molecule has 5 nitrogen and oxygen atoms in total. The van der Waals surface area contributed by atoms with Crippen LogP contribution in [0.25, 0.3) is 0 Å². The van der Waals surface area contributed by atoms with E-state index in [1.165, 1.54) is 0 Å². The summed E-state index contributed by atoms with van der Waals surface area (Å²) in [6.45, 7) is 5.25. The molecule has 0 aliphatic carbocycles. The van der Waals surface area contributed by atoms with Gasteiger partial charge in [-0.2, -0.15) is 0 Å². The average molecular weight is 248 g/mol. The van der Waals surface area contributed by atoms with E-state index in [0.717, 1.165) is 0 Å². The third-order valence-electron chi connectivity index (χ3n) is 2.85. The van der Waals surface area contributed by atoms with Gasteiger partial charge in [0.15, 0.2) is 0 Å². The van der Waals surface area contributed by atoms with E-state index in [2.05, 4.69) is 5.11 Å². The summed E-state index contributed by atoms with van der Waals surface area (Å²) >= 11 is 0. The fourth-order valence-corrected chi connectivity index (χ4v) is 2.17. The maximum absolute atomic E-state index is 11.9. The van der Waals surface area contributed by atoms with Crippen molar-refractivity contribution in [2.45, 2.75) is 38.5 Å². The van der Waals surface area contributed by atoms with Gasteiger partial charge in [-0.15, -0.1) is 0 Å². The van der Waals surface area contributed by atoms with E-state index in [9.17, 15) is 10.0 Å². The molecule has 0 radical (unpaired) electrons. The van der Waals surface area contributed by atoms with Gasteiger partial charge >= 0.3 is 11.7 Å². The van der Waals surface area contributed by atoms with Crippen LogP contribution in [-0.4, -0.2) is 22.1 Å². The first-order valence-electron chi connectivity index (χ1n) is 5.81. The van der Waals surface area contributed by atoms with Gasteiger partial charge in [-0.1, -0.05) is 23.1 Å². The zero-order valence-corrected chi connectivity index (χ0v) is 10.7. The second kappa shape index (κ2) is 4.08. The lowest BCUT2D eigenvalue weighted by atomic mass is 9.97. The number of hydrogen-bond acceptors (Lipinski definition) is 4. The number of ether oxygens (including phenoxy) is 1. The summed E-state index contributed by atoms with van der Waals surface area (Å²) in [5, 5.41) is 15.7. The van der Waals surface area contributed by atoms with Gasteiger partial charge in [-0.05, 0) is 31.1 Å². The van der Waals surface area contributed by atoms with Gasteiger partial charge < -0.3 is 9.94 Å². The lowest BCUT2D eigenvalue weighted by Gasteiger charge is -2.21. The minimum Gasteiger partial charge on any atom is -0.597 e. The molecule has 2 rings (SSSR count). The summed E-state index contributed by atoms with van der Waals surface area (Å²) in [7, 11) is 0. The summed E-state index contributed by atoms with van der Waals surface area (Å²) in [6.07, 6.45) is 0.377. The maximum atomic E-state index is 11.9. The van der Waals surface area contributed by atoms with Crippen LogP contribution in [0.15, 0.2) is 35.4 Å². The van der Waals surface area contributed by atoms with Crippen molar-refractivity contribution in [2.75, 3.05) is 0 Å². The maximum Gasteiger partial charge on any atom is 0.343 e. The van der Waals surface area contributed by atoms with Crippen LogP contribution in [0.5, 0.6) is 0 Å². The third kappa shape index (κ3) is 2.34. The molecule has 0 aromatic heterocycles. The van der Waals surface area contributed by atoms with Crippen molar-refractivity contribution in [3.8, 4) is 0 Å². The van der Waals surface area contributed by atoms with Crippen molar-refractivity contribution in [3.63, 3.8) is 0 Å². The van der Waals surface area contributed by atoms with Gasteiger partial charge in [0.05, 0.1) is 12.0 Å². The van der Waals surface area contributed by atoms with Crippen LogP contribution in [0.2, 0.25) is 0 Å². The second-order valence-corrected chi connectivity index (χ2v) is 5.29. The van der Waals surface area contributed by atoms with Crippen molar-refractivity contribution in [1.29, 1.82) is 0 Å². The molecule has 0 amide bonds. The number of benzene rings is 1. The standard InChI is InChI=1S/C13H16N2O3/c1-12(2)9-13(3,15(17)14-12)18-11(16)10-7-5-4-6-8-10/h4-8H,9H2,1-3H3. The SMILES string of the molecule is CC1(C)CC(C)(OC(=O)c2ccccc2)[N+]([O-])=N1. The minimum atomic E-state index is -1.23. The average Bonchev–Trinajstić information content (AvgIpc) is 2.48.